The average molecular weight is 320 g/mol. The van der Waals surface area contributed by atoms with Crippen molar-refractivity contribution in [2.24, 2.45) is 0 Å². The standard InChI is InChI=1S/C18H16N4S/c23-18-17-14(9-6-12-20-17)16(15-10-4-5-11-19-15)21-22(18)13-7-2-1-3-8-13/h2,4-7,9-13H,1,3,8H2. The van der Waals surface area contributed by atoms with Gasteiger partial charge in [-0.2, -0.15) is 5.10 Å². The van der Waals surface area contributed by atoms with Gasteiger partial charge in [-0.1, -0.05) is 30.4 Å². The Hall–Kier alpha value is -2.40. The molecule has 4 rings (SSSR count). The van der Waals surface area contributed by atoms with Gasteiger partial charge in [-0.15, -0.1) is 0 Å². The second-order valence-corrected chi connectivity index (χ2v) is 6.03. The van der Waals surface area contributed by atoms with Crippen LogP contribution in [0.3, 0.4) is 0 Å². The van der Waals surface area contributed by atoms with Crippen molar-refractivity contribution in [2.45, 2.75) is 25.3 Å². The third kappa shape index (κ3) is 2.57. The first-order valence-electron chi connectivity index (χ1n) is 7.80. The van der Waals surface area contributed by atoms with Gasteiger partial charge in [0.2, 0.25) is 0 Å². The van der Waals surface area contributed by atoms with Crippen molar-refractivity contribution in [3.05, 3.63) is 59.5 Å². The highest BCUT2D eigenvalue weighted by Gasteiger charge is 2.17. The minimum atomic E-state index is 0.199. The van der Waals surface area contributed by atoms with E-state index >= 15 is 0 Å². The lowest BCUT2D eigenvalue weighted by atomic mass is 10.0. The highest BCUT2D eigenvalue weighted by atomic mass is 32.1. The Morgan fingerprint density at radius 2 is 2.00 bits per heavy atom. The molecule has 3 aromatic heterocycles. The van der Waals surface area contributed by atoms with Gasteiger partial charge in [0.1, 0.15) is 15.9 Å². The van der Waals surface area contributed by atoms with E-state index in [4.69, 9.17) is 17.3 Å². The van der Waals surface area contributed by atoms with E-state index < -0.39 is 0 Å². The van der Waals surface area contributed by atoms with Crippen LogP contribution in [-0.4, -0.2) is 19.7 Å². The highest BCUT2D eigenvalue weighted by Crippen LogP contribution is 2.28. The number of nitrogens with zero attached hydrogens (tertiary/aromatic N) is 4. The number of rotatable bonds is 2. The summed E-state index contributed by atoms with van der Waals surface area (Å²) in [6.07, 6.45) is 11.3. The van der Waals surface area contributed by atoms with Crippen LogP contribution in [0, 0.1) is 4.64 Å². The fourth-order valence-corrected chi connectivity index (χ4v) is 3.34. The zero-order chi connectivity index (χ0) is 15.6. The first kappa shape index (κ1) is 14.2. The first-order valence-corrected chi connectivity index (χ1v) is 8.21. The summed E-state index contributed by atoms with van der Waals surface area (Å²) in [5.41, 5.74) is 2.49. The van der Waals surface area contributed by atoms with Gasteiger partial charge in [-0.3, -0.25) is 9.97 Å². The smallest absolute Gasteiger partial charge is 0.149 e. The van der Waals surface area contributed by atoms with Crippen LogP contribution < -0.4 is 0 Å². The summed E-state index contributed by atoms with van der Waals surface area (Å²) in [5.74, 6) is 0. The minimum absolute atomic E-state index is 0.199. The van der Waals surface area contributed by atoms with Crippen LogP contribution in [0.2, 0.25) is 0 Å². The summed E-state index contributed by atoms with van der Waals surface area (Å²) in [6.45, 7) is 0. The summed E-state index contributed by atoms with van der Waals surface area (Å²) in [5, 5.41) is 5.80. The van der Waals surface area contributed by atoms with Crippen LogP contribution in [0.25, 0.3) is 22.3 Å². The molecule has 0 saturated heterocycles. The molecule has 114 valence electrons. The Labute approximate surface area is 139 Å². The molecule has 0 aliphatic heterocycles. The van der Waals surface area contributed by atoms with E-state index in [1.165, 1.54) is 0 Å². The zero-order valence-corrected chi connectivity index (χ0v) is 13.4. The summed E-state index contributed by atoms with van der Waals surface area (Å²) < 4.78 is 2.63. The molecule has 1 unspecified atom stereocenters. The molecule has 0 N–H and O–H groups in total. The molecular formula is C18H16N4S. The van der Waals surface area contributed by atoms with Crippen LogP contribution in [0.5, 0.6) is 0 Å². The number of allylic oxidation sites excluding steroid dienone is 2. The lowest BCUT2D eigenvalue weighted by molar-refractivity contribution is 0.465. The second-order valence-electron chi connectivity index (χ2n) is 5.64. The lowest BCUT2D eigenvalue weighted by Gasteiger charge is -2.20. The van der Waals surface area contributed by atoms with Crippen molar-refractivity contribution in [2.75, 3.05) is 0 Å². The molecular weight excluding hydrogens is 304 g/mol. The maximum Gasteiger partial charge on any atom is 0.149 e. The summed E-state index contributed by atoms with van der Waals surface area (Å²) in [4.78, 5) is 8.96. The SMILES string of the molecule is S=c1c2ncccc2c(-c2ccccn2)nn1C1C=CCCC1. The Bertz CT molecular complexity index is 931. The van der Waals surface area contributed by atoms with E-state index in [-0.39, 0.29) is 6.04 Å². The van der Waals surface area contributed by atoms with Crippen molar-refractivity contribution in [1.29, 1.82) is 0 Å². The van der Waals surface area contributed by atoms with E-state index in [9.17, 15) is 0 Å². The first-order chi connectivity index (χ1) is 11.3. The Morgan fingerprint density at radius 3 is 2.78 bits per heavy atom. The summed E-state index contributed by atoms with van der Waals surface area (Å²) >= 11 is 5.67. The van der Waals surface area contributed by atoms with E-state index in [1.54, 1.807) is 12.4 Å². The van der Waals surface area contributed by atoms with Crippen molar-refractivity contribution in [3.63, 3.8) is 0 Å². The third-order valence-electron chi connectivity index (χ3n) is 4.13. The van der Waals surface area contributed by atoms with E-state index in [0.717, 1.165) is 41.6 Å². The van der Waals surface area contributed by atoms with Gasteiger partial charge in [-0.25, -0.2) is 4.68 Å². The molecule has 0 bridgehead atoms. The maximum absolute atomic E-state index is 5.67. The van der Waals surface area contributed by atoms with Crippen LogP contribution in [-0.2, 0) is 0 Å². The van der Waals surface area contributed by atoms with Crippen LogP contribution in [0.4, 0.5) is 0 Å². The largest absolute Gasteiger partial charge is 0.255 e. The average Bonchev–Trinajstić information content (AvgIpc) is 2.64. The molecule has 3 aromatic rings. The summed E-state index contributed by atoms with van der Waals surface area (Å²) in [7, 11) is 0. The predicted molar refractivity (Wildman–Crippen MR) is 93.6 cm³/mol. The van der Waals surface area contributed by atoms with Gasteiger partial charge in [0.05, 0.1) is 11.7 Å². The second kappa shape index (κ2) is 6.01. The fraction of sp³-hybridized carbons (Fsp3) is 0.222. The van der Waals surface area contributed by atoms with Crippen molar-refractivity contribution in [1.82, 2.24) is 19.7 Å². The molecule has 1 aliphatic carbocycles. The van der Waals surface area contributed by atoms with E-state index in [2.05, 4.69) is 22.1 Å². The van der Waals surface area contributed by atoms with Crippen LogP contribution in [0.1, 0.15) is 25.3 Å². The maximum atomic E-state index is 5.67. The number of fused-ring (bicyclic) bond motifs is 1. The number of pyridine rings is 2. The molecule has 1 aliphatic rings. The van der Waals surface area contributed by atoms with E-state index in [1.807, 2.05) is 35.0 Å². The minimum Gasteiger partial charge on any atom is -0.255 e. The normalized spacial score (nSPS) is 17.5. The van der Waals surface area contributed by atoms with Gasteiger partial charge in [0.15, 0.2) is 0 Å². The predicted octanol–water partition coefficient (Wildman–Crippen LogP) is 4.50. The quantitative estimate of drug-likeness (QED) is 0.515. The van der Waals surface area contributed by atoms with Crippen molar-refractivity contribution < 1.29 is 0 Å². The van der Waals surface area contributed by atoms with Gasteiger partial charge >= 0.3 is 0 Å². The fourth-order valence-electron chi connectivity index (χ4n) is 3.00. The van der Waals surface area contributed by atoms with Gasteiger partial charge in [0.25, 0.3) is 0 Å². The number of hydrogen-bond acceptors (Lipinski definition) is 4. The Kier molecular flexibility index (Phi) is 3.71. The molecule has 3 heterocycles. The lowest BCUT2D eigenvalue weighted by Crippen LogP contribution is -2.15. The van der Waals surface area contributed by atoms with Gasteiger partial charge < -0.3 is 0 Å². The molecule has 5 heteroatoms. The van der Waals surface area contributed by atoms with Gasteiger partial charge in [-0.05, 0) is 43.5 Å². The molecule has 0 saturated carbocycles. The third-order valence-corrected chi connectivity index (χ3v) is 4.51. The van der Waals surface area contributed by atoms with Crippen LogP contribution >= 0.6 is 12.2 Å². The summed E-state index contributed by atoms with van der Waals surface area (Å²) in [6, 6.07) is 9.97. The zero-order valence-electron chi connectivity index (χ0n) is 12.6. The molecule has 1 atom stereocenters. The monoisotopic (exact) mass is 320 g/mol. The molecule has 0 fully saturated rings. The highest BCUT2D eigenvalue weighted by molar-refractivity contribution is 7.71. The topological polar surface area (TPSA) is 43.6 Å². The van der Waals surface area contributed by atoms with E-state index in [0.29, 0.717) is 4.64 Å². The molecule has 4 nitrogen and oxygen atoms in total. The van der Waals surface area contributed by atoms with Gasteiger partial charge in [0, 0.05) is 17.8 Å². The Morgan fingerprint density at radius 1 is 1.09 bits per heavy atom. The molecule has 23 heavy (non-hydrogen) atoms. The van der Waals surface area contributed by atoms with Crippen LogP contribution in [0.15, 0.2) is 54.9 Å². The molecule has 0 spiro atoms. The number of aromatic nitrogens is 4. The molecule has 0 aromatic carbocycles. The van der Waals surface area contributed by atoms with Crippen molar-refractivity contribution in [3.8, 4) is 11.4 Å². The Balaban J connectivity index is 2.02. The van der Waals surface area contributed by atoms with Crippen molar-refractivity contribution >= 4 is 23.1 Å². The number of hydrogen-bond donors (Lipinski definition) is 0. The molecule has 0 radical (unpaired) electrons. The molecule has 0 amide bonds.